The van der Waals surface area contributed by atoms with E-state index in [1.165, 1.54) is 11.1 Å². The Labute approximate surface area is 212 Å². The lowest BCUT2D eigenvalue weighted by atomic mass is 10.0. The number of aryl methyl sites for hydroxylation is 2. The molecule has 0 atom stereocenters. The third-order valence-corrected chi connectivity index (χ3v) is 7.18. The van der Waals surface area contributed by atoms with Crippen molar-refractivity contribution >= 4 is 34.0 Å². The second kappa shape index (κ2) is 10.0. The van der Waals surface area contributed by atoms with Crippen molar-refractivity contribution in [3.8, 4) is 0 Å². The summed E-state index contributed by atoms with van der Waals surface area (Å²) in [5.74, 6) is 1.85. The Bertz CT molecular complexity index is 1320. The van der Waals surface area contributed by atoms with Crippen molar-refractivity contribution < 1.29 is 9.47 Å². The van der Waals surface area contributed by atoms with E-state index in [0.29, 0.717) is 6.61 Å². The van der Waals surface area contributed by atoms with Gasteiger partial charge in [0.25, 0.3) is 0 Å². The van der Waals surface area contributed by atoms with Crippen LogP contribution in [0.5, 0.6) is 0 Å². The zero-order valence-electron chi connectivity index (χ0n) is 21.2. The predicted octanol–water partition coefficient (Wildman–Crippen LogP) is 4.40. The maximum Gasteiger partial charge on any atom is 0.164 e. The van der Waals surface area contributed by atoms with E-state index in [9.17, 15) is 0 Å². The van der Waals surface area contributed by atoms with Crippen molar-refractivity contribution in [3.63, 3.8) is 0 Å². The van der Waals surface area contributed by atoms with Crippen LogP contribution in [0.25, 0.3) is 16.7 Å². The summed E-state index contributed by atoms with van der Waals surface area (Å²) in [6.07, 6.45) is 5.20. The summed E-state index contributed by atoms with van der Waals surface area (Å²) in [7, 11) is 0. The summed E-state index contributed by atoms with van der Waals surface area (Å²) >= 11 is 0. The van der Waals surface area contributed by atoms with Crippen molar-refractivity contribution in [2.24, 2.45) is 5.10 Å². The van der Waals surface area contributed by atoms with Gasteiger partial charge in [-0.25, -0.2) is 15.0 Å². The Hall–Kier alpha value is -3.23. The molecule has 3 aliphatic heterocycles. The molecule has 5 heterocycles. The summed E-state index contributed by atoms with van der Waals surface area (Å²) in [6, 6.07) is 10.8. The fourth-order valence-electron chi connectivity index (χ4n) is 5.33. The third kappa shape index (κ3) is 4.40. The number of rotatable bonds is 5. The van der Waals surface area contributed by atoms with E-state index in [1.54, 1.807) is 0 Å². The molecule has 3 aromatic rings. The van der Waals surface area contributed by atoms with Gasteiger partial charge in [0, 0.05) is 37.8 Å². The van der Waals surface area contributed by atoms with Crippen molar-refractivity contribution in [1.82, 2.24) is 14.5 Å². The second-order valence-electron chi connectivity index (χ2n) is 9.66. The molecule has 0 N–H and O–H groups in total. The highest BCUT2D eigenvalue weighted by molar-refractivity contribution is 6.01. The Morgan fingerprint density at radius 3 is 2.67 bits per heavy atom. The molecule has 1 fully saturated rings. The Morgan fingerprint density at radius 1 is 1.00 bits per heavy atom. The van der Waals surface area contributed by atoms with E-state index in [-0.39, 0.29) is 0 Å². The van der Waals surface area contributed by atoms with Gasteiger partial charge in [0.2, 0.25) is 0 Å². The van der Waals surface area contributed by atoms with Gasteiger partial charge in [-0.1, -0.05) is 35.9 Å². The number of fused-ring (bicyclic) bond motifs is 1. The maximum atomic E-state index is 5.76. The van der Waals surface area contributed by atoms with E-state index in [1.807, 2.05) is 0 Å². The van der Waals surface area contributed by atoms with E-state index in [0.717, 1.165) is 105 Å². The molecule has 0 amide bonds. The summed E-state index contributed by atoms with van der Waals surface area (Å²) in [5, 5.41) is 7.18. The summed E-state index contributed by atoms with van der Waals surface area (Å²) in [4.78, 5) is 12.7. The van der Waals surface area contributed by atoms with E-state index in [4.69, 9.17) is 24.5 Å². The maximum absolute atomic E-state index is 5.76. The zero-order valence-corrected chi connectivity index (χ0v) is 21.2. The minimum Gasteiger partial charge on any atom is -0.378 e. The van der Waals surface area contributed by atoms with Crippen LogP contribution in [0, 0.1) is 6.92 Å². The number of hydrogen-bond acceptors (Lipinski definition) is 7. The van der Waals surface area contributed by atoms with E-state index < -0.39 is 0 Å². The predicted molar refractivity (Wildman–Crippen MR) is 144 cm³/mol. The zero-order chi connectivity index (χ0) is 24.5. The van der Waals surface area contributed by atoms with Crippen LogP contribution in [0.2, 0.25) is 0 Å². The number of imidazole rings is 1. The molecule has 0 spiro atoms. The minimum atomic E-state index is 0.597. The molecule has 1 saturated heterocycles. The Kier molecular flexibility index (Phi) is 6.46. The van der Waals surface area contributed by atoms with Crippen molar-refractivity contribution in [1.29, 1.82) is 0 Å². The van der Waals surface area contributed by atoms with E-state index >= 15 is 0 Å². The number of anilines is 2. The monoisotopic (exact) mass is 486 g/mol. The van der Waals surface area contributed by atoms with Crippen LogP contribution in [-0.2, 0) is 16.0 Å². The smallest absolute Gasteiger partial charge is 0.164 e. The summed E-state index contributed by atoms with van der Waals surface area (Å²) in [6.45, 7) is 10.4. The van der Waals surface area contributed by atoms with Gasteiger partial charge in [0.1, 0.15) is 11.3 Å². The molecule has 0 bridgehead atoms. The lowest BCUT2D eigenvalue weighted by molar-refractivity contribution is 0.123. The van der Waals surface area contributed by atoms with Crippen LogP contribution < -0.4 is 9.91 Å². The third-order valence-electron chi connectivity index (χ3n) is 7.18. The number of nitrogens with zero attached hydrogens (tertiary/aromatic N) is 6. The molecular weight excluding hydrogens is 452 g/mol. The van der Waals surface area contributed by atoms with Crippen molar-refractivity contribution in [3.05, 3.63) is 53.4 Å². The molecule has 188 valence electrons. The highest BCUT2D eigenvalue weighted by Gasteiger charge is 2.25. The average Bonchev–Trinajstić information content (AvgIpc) is 3.32. The summed E-state index contributed by atoms with van der Waals surface area (Å²) in [5.41, 5.74) is 7.69. The summed E-state index contributed by atoms with van der Waals surface area (Å²) < 4.78 is 13.7. The molecule has 0 saturated carbocycles. The largest absolute Gasteiger partial charge is 0.378 e. The normalized spacial score (nSPS) is 18.9. The molecule has 2 aromatic heterocycles. The highest BCUT2D eigenvalue weighted by Crippen LogP contribution is 2.34. The van der Waals surface area contributed by atoms with Crippen LogP contribution in [0.4, 0.5) is 11.5 Å². The van der Waals surface area contributed by atoms with Gasteiger partial charge in [-0.05, 0) is 38.7 Å². The minimum absolute atomic E-state index is 0.597. The molecule has 0 radical (unpaired) electrons. The Balaban J connectivity index is 1.48. The number of morpholine rings is 1. The van der Waals surface area contributed by atoms with Gasteiger partial charge >= 0.3 is 0 Å². The first-order valence-electron chi connectivity index (χ1n) is 13.1. The van der Waals surface area contributed by atoms with Crippen LogP contribution >= 0.6 is 0 Å². The molecule has 1 aromatic carbocycles. The lowest BCUT2D eigenvalue weighted by Gasteiger charge is -2.30. The van der Waals surface area contributed by atoms with Gasteiger partial charge in [-0.15, -0.1) is 0 Å². The number of benzene rings is 1. The second-order valence-corrected chi connectivity index (χ2v) is 9.66. The van der Waals surface area contributed by atoms with Crippen LogP contribution in [-0.4, -0.2) is 66.3 Å². The molecule has 0 unspecified atom stereocenters. The Morgan fingerprint density at radius 2 is 1.89 bits per heavy atom. The van der Waals surface area contributed by atoms with Gasteiger partial charge in [0.15, 0.2) is 11.5 Å². The van der Waals surface area contributed by atoms with Gasteiger partial charge in [-0.3, -0.25) is 0 Å². The SMILES string of the molecule is CCn1c(C2=CCCOC2)nc2c(N3CCOCC3)cc(N3CCCC(c4cccc(C)c4)=N3)nc21. The number of ether oxygens (including phenoxy) is 2. The van der Waals surface area contributed by atoms with Gasteiger partial charge < -0.3 is 18.9 Å². The van der Waals surface area contributed by atoms with Crippen LogP contribution in [0.3, 0.4) is 0 Å². The quantitative estimate of drug-likeness (QED) is 0.532. The molecule has 6 rings (SSSR count). The number of aromatic nitrogens is 3. The highest BCUT2D eigenvalue weighted by atomic mass is 16.5. The number of pyridine rings is 1. The van der Waals surface area contributed by atoms with Gasteiger partial charge in [0.05, 0.1) is 37.8 Å². The molecular formula is C28H34N6O2. The van der Waals surface area contributed by atoms with Crippen LogP contribution in [0.15, 0.2) is 41.5 Å². The molecule has 36 heavy (non-hydrogen) atoms. The molecule has 8 nitrogen and oxygen atoms in total. The topological polar surface area (TPSA) is 68.0 Å². The van der Waals surface area contributed by atoms with Crippen molar-refractivity contribution in [2.75, 3.05) is 56.0 Å². The van der Waals surface area contributed by atoms with E-state index in [2.05, 4.69) is 64.7 Å². The van der Waals surface area contributed by atoms with Gasteiger partial charge in [-0.2, -0.15) is 5.10 Å². The molecule has 0 aliphatic carbocycles. The first kappa shape index (κ1) is 23.2. The first-order valence-corrected chi connectivity index (χ1v) is 13.1. The van der Waals surface area contributed by atoms with Crippen molar-refractivity contribution in [2.45, 2.75) is 39.7 Å². The first-order chi connectivity index (χ1) is 17.7. The standard InChI is InChI=1S/C28H34N6O2/c1-3-33-27(22-9-6-14-36-19-22)30-26-24(32-12-15-35-16-13-32)18-25(29-28(26)33)34-11-5-10-23(31-34)21-8-4-7-20(2)17-21/h4,7-9,17-18H,3,5-6,10-16,19H2,1-2H3. The lowest BCUT2D eigenvalue weighted by Crippen LogP contribution is -2.36. The molecule has 3 aliphatic rings. The average molecular weight is 487 g/mol. The molecule has 8 heteroatoms. The number of hydrazone groups is 1. The van der Waals surface area contributed by atoms with Crippen LogP contribution in [0.1, 0.15) is 43.1 Å². The number of hydrogen-bond donors (Lipinski definition) is 0. The fourth-order valence-corrected chi connectivity index (χ4v) is 5.33. The fraction of sp³-hybridized carbons (Fsp3) is 0.464.